The van der Waals surface area contributed by atoms with E-state index in [9.17, 15) is 0 Å². The standard InChI is InChI=1S/C18H20N2O/c1-2-6-17(7-3-1)21-18-11-16(13-20-14-18)9-8-15-5-4-10-19-12-15/h1-3,6-9,11,13-15,19H,4-5,10,12H2/t15-/m0/s1. The summed E-state index contributed by atoms with van der Waals surface area (Å²) in [5.41, 5.74) is 1.08. The Bertz CT molecular complexity index is 589. The van der Waals surface area contributed by atoms with Gasteiger partial charge < -0.3 is 10.1 Å². The molecule has 3 rings (SSSR count). The van der Waals surface area contributed by atoms with Gasteiger partial charge in [-0.05, 0) is 49.1 Å². The highest BCUT2D eigenvalue weighted by Gasteiger charge is 2.08. The molecule has 3 heteroatoms. The molecule has 1 N–H and O–H groups in total. The molecule has 1 saturated heterocycles. The summed E-state index contributed by atoms with van der Waals surface area (Å²) in [6.07, 6.45) is 10.5. The van der Waals surface area contributed by atoms with Crippen molar-refractivity contribution in [2.24, 2.45) is 5.92 Å². The van der Waals surface area contributed by atoms with Gasteiger partial charge in [0.25, 0.3) is 0 Å². The molecule has 3 nitrogen and oxygen atoms in total. The van der Waals surface area contributed by atoms with Gasteiger partial charge in [-0.25, -0.2) is 0 Å². The van der Waals surface area contributed by atoms with Crippen LogP contribution in [0.5, 0.6) is 11.5 Å². The van der Waals surface area contributed by atoms with Gasteiger partial charge in [0, 0.05) is 12.7 Å². The van der Waals surface area contributed by atoms with Gasteiger partial charge in [-0.3, -0.25) is 4.98 Å². The number of nitrogens with zero attached hydrogens (tertiary/aromatic N) is 1. The first-order valence-corrected chi connectivity index (χ1v) is 7.47. The molecule has 0 bridgehead atoms. The van der Waals surface area contributed by atoms with Crippen molar-refractivity contribution in [2.45, 2.75) is 12.8 Å². The van der Waals surface area contributed by atoms with Crippen molar-refractivity contribution >= 4 is 6.08 Å². The number of pyridine rings is 1. The van der Waals surface area contributed by atoms with Crippen LogP contribution < -0.4 is 10.1 Å². The number of ether oxygens (including phenoxy) is 1. The van der Waals surface area contributed by atoms with E-state index in [1.54, 1.807) is 6.20 Å². The zero-order valence-corrected chi connectivity index (χ0v) is 12.0. The van der Waals surface area contributed by atoms with Crippen molar-refractivity contribution < 1.29 is 4.74 Å². The fourth-order valence-corrected chi connectivity index (χ4v) is 2.50. The van der Waals surface area contributed by atoms with Crippen molar-refractivity contribution in [2.75, 3.05) is 13.1 Å². The van der Waals surface area contributed by atoms with Crippen LogP contribution in [-0.2, 0) is 0 Å². The fraction of sp³-hybridized carbons (Fsp3) is 0.278. The molecule has 21 heavy (non-hydrogen) atoms. The van der Waals surface area contributed by atoms with Crippen LogP contribution in [0.15, 0.2) is 54.9 Å². The van der Waals surface area contributed by atoms with Gasteiger partial charge in [0.2, 0.25) is 0 Å². The molecule has 108 valence electrons. The Balaban J connectivity index is 1.66. The molecule has 0 spiro atoms. The Morgan fingerprint density at radius 1 is 1.14 bits per heavy atom. The Morgan fingerprint density at radius 3 is 2.86 bits per heavy atom. The van der Waals surface area contributed by atoms with Crippen LogP contribution in [0.3, 0.4) is 0 Å². The fourth-order valence-electron chi connectivity index (χ4n) is 2.50. The molecule has 0 saturated carbocycles. The molecule has 0 amide bonds. The number of para-hydroxylation sites is 1. The highest BCUT2D eigenvalue weighted by Crippen LogP contribution is 2.21. The minimum Gasteiger partial charge on any atom is -0.456 e. The molecule has 0 unspecified atom stereocenters. The minimum atomic E-state index is 0.623. The second-order valence-corrected chi connectivity index (χ2v) is 5.33. The zero-order valence-electron chi connectivity index (χ0n) is 12.0. The van der Waals surface area contributed by atoms with E-state index >= 15 is 0 Å². The van der Waals surface area contributed by atoms with Crippen molar-refractivity contribution in [1.82, 2.24) is 10.3 Å². The van der Waals surface area contributed by atoms with Crippen molar-refractivity contribution in [3.63, 3.8) is 0 Å². The van der Waals surface area contributed by atoms with E-state index in [1.165, 1.54) is 12.8 Å². The van der Waals surface area contributed by atoms with Crippen molar-refractivity contribution in [3.05, 3.63) is 60.4 Å². The van der Waals surface area contributed by atoms with Crippen LogP contribution in [-0.4, -0.2) is 18.1 Å². The maximum atomic E-state index is 5.80. The van der Waals surface area contributed by atoms with E-state index in [4.69, 9.17) is 4.74 Å². The quantitative estimate of drug-likeness (QED) is 0.922. The third kappa shape index (κ3) is 4.17. The summed E-state index contributed by atoms with van der Waals surface area (Å²) in [6, 6.07) is 11.8. The largest absolute Gasteiger partial charge is 0.456 e. The van der Waals surface area contributed by atoms with Crippen molar-refractivity contribution in [1.29, 1.82) is 0 Å². The first kappa shape index (κ1) is 13.8. The van der Waals surface area contributed by atoms with Crippen LogP contribution in [0.25, 0.3) is 6.08 Å². The van der Waals surface area contributed by atoms with Gasteiger partial charge >= 0.3 is 0 Å². The molecule has 1 atom stereocenters. The normalized spacial score (nSPS) is 18.8. The summed E-state index contributed by atoms with van der Waals surface area (Å²) in [5.74, 6) is 2.22. The smallest absolute Gasteiger partial charge is 0.146 e. The van der Waals surface area contributed by atoms with Gasteiger partial charge in [-0.15, -0.1) is 0 Å². The minimum absolute atomic E-state index is 0.623. The average molecular weight is 280 g/mol. The Kier molecular flexibility index (Phi) is 4.64. The number of hydrogen-bond donors (Lipinski definition) is 1. The number of nitrogens with one attached hydrogen (secondary N) is 1. The Morgan fingerprint density at radius 2 is 2.05 bits per heavy atom. The predicted octanol–water partition coefficient (Wildman–Crippen LogP) is 3.89. The summed E-state index contributed by atoms with van der Waals surface area (Å²) < 4.78 is 5.80. The number of aromatic nitrogens is 1. The highest BCUT2D eigenvalue weighted by molar-refractivity contribution is 5.50. The van der Waals surface area contributed by atoms with Gasteiger partial charge in [-0.2, -0.15) is 0 Å². The molecule has 1 aliphatic rings. The van der Waals surface area contributed by atoms with E-state index in [-0.39, 0.29) is 0 Å². The van der Waals surface area contributed by atoms with Gasteiger partial charge in [-0.1, -0.05) is 30.4 Å². The number of rotatable bonds is 4. The molecule has 1 aliphatic heterocycles. The lowest BCUT2D eigenvalue weighted by atomic mass is 9.98. The summed E-state index contributed by atoms with van der Waals surface area (Å²) in [5, 5.41) is 3.42. The topological polar surface area (TPSA) is 34.2 Å². The molecular weight excluding hydrogens is 260 g/mol. The number of hydrogen-bond acceptors (Lipinski definition) is 3. The Labute approximate surface area is 125 Å². The van der Waals surface area contributed by atoms with Crippen LogP contribution in [0.1, 0.15) is 18.4 Å². The maximum Gasteiger partial charge on any atom is 0.146 e. The van der Waals surface area contributed by atoms with Gasteiger partial charge in [0.05, 0.1) is 6.20 Å². The lowest BCUT2D eigenvalue weighted by Crippen LogP contribution is -2.28. The average Bonchev–Trinajstić information content (AvgIpc) is 2.55. The monoisotopic (exact) mass is 280 g/mol. The van der Waals surface area contributed by atoms with Crippen LogP contribution in [0.4, 0.5) is 0 Å². The van der Waals surface area contributed by atoms with E-state index in [0.29, 0.717) is 5.92 Å². The van der Waals surface area contributed by atoms with Gasteiger partial charge in [0.1, 0.15) is 11.5 Å². The van der Waals surface area contributed by atoms with E-state index < -0.39 is 0 Å². The van der Waals surface area contributed by atoms with Crippen molar-refractivity contribution in [3.8, 4) is 11.5 Å². The molecule has 2 heterocycles. The lowest BCUT2D eigenvalue weighted by Gasteiger charge is -2.19. The predicted molar refractivity (Wildman–Crippen MR) is 85.4 cm³/mol. The first-order valence-electron chi connectivity index (χ1n) is 7.47. The lowest BCUT2D eigenvalue weighted by molar-refractivity contribution is 0.439. The molecule has 1 aromatic carbocycles. The molecule has 1 fully saturated rings. The second-order valence-electron chi connectivity index (χ2n) is 5.33. The molecule has 1 aromatic heterocycles. The Hall–Kier alpha value is -2.13. The van der Waals surface area contributed by atoms with Gasteiger partial charge in [0.15, 0.2) is 0 Å². The summed E-state index contributed by atoms with van der Waals surface area (Å²) in [4.78, 5) is 4.25. The summed E-state index contributed by atoms with van der Waals surface area (Å²) in [6.45, 7) is 2.22. The third-order valence-corrected chi connectivity index (χ3v) is 3.61. The SMILES string of the molecule is C(=C[C@@H]1CCCNC1)c1cncc(Oc2ccccc2)c1. The van der Waals surface area contributed by atoms with Crippen LogP contribution >= 0.6 is 0 Å². The van der Waals surface area contributed by atoms with Crippen LogP contribution in [0.2, 0.25) is 0 Å². The van der Waals surface area contributed by atoms with Crippen LogP contribution in [0, 0.1) is 5.92 Å². The molecular formula is C18H20N2O. The summed E-state index contributed by atoms with van der Waals surface area (Å²) >= 11 is 0. The van der Waals surface area contributed by atoms with E-state index in [1.807, 2.05) is 42.6 Å². The molecule has 0 aliphatic carbocycles. The zero-order chi connectivity index (χ0) is 14.3. The number of benzene rings is 1. The van der Waals surface area contributed by atoms with E-state index in [0.717, 1.165) is 30.2 Å². The second kappa shape index (κ2) is 7.04. The van der Waals surface area contributed by atoms with E-state index in [2.05, 4.69) is 22.5 Å². The molecule has 2 aromatic rings. The third-order valence-electron chi connectivity index (χ3n) is 3.61. The first-order chi connectivity index (χ1) is 10.4. The maximum absolute atomic E-state index is 5.80. The molecule has 0 radical (unpaired) electrons. The highest BCUT2D eigenvalue weighted by atomic mass is 16.5. The number of piperidine rings is 1. The summed E-state index contributed by atoms with van der Waals surface area (Å²) in [7, 11) is 0.